The highest BCUT2D eigenvalue weighted by atomic mass is 32.2. The molecule has 1 saturated heterocycles. The van der Waals surface area contributed by atoms with Gasteiger partial charge in [0.2, 0.25) is 0 Å². The van der Waals surface area contributed by atoms with E-state index in [-0.39, 0.29) is 0 Å². The van der Waals surface area contributed by atoms with Crippen LogP contribution in [0.3, 0.4) is 0 Å². The zero-order valence-electron chi connectivity index (χ0n) is 9.16. The summed E-state index contributed by atoms with van der Waals surface area (Å²) >= 11 is 1.93. The number of hydrogen-bond donors (Lipinski definition) is 2. The first-order valence-electron chi connectivity index (χ1n) is 5.75. The van der Waals surface area contributed by atoms with E-state index in [0.717, 1.165) is 32.1 Å². The molecule has 0 aromatic heterocycles. The van der Waals surface area contributed by atoms with Gasteiger partial charge in [-0.05, 0) is 17.7 Å². The van der Waals surface area contributed by atoms with Crippen molar-refractivity contribution in [2.45, 2.75) is 10.9 Å². The van der Waals surface area contributed by atoms with E-state index in [2.05, 4.69) is 28.8 Å². The maximum atomic E-state index is 5.49. The van der Waals surface area contributed by atoms with Gasteiger partial charge in [0.15, 0.2) is 0 Å². The molecule has 1 aromatic carbocycles. The van der Waals surface area contributed by atoms with E-state index in [1.165, 1.54) is 16.1 Å². The summed E-state index contributed by atoms with van der Waals surface area (Å²) in [5.41, 5.74) is 2.61. The Morgan fingerprint density at radius 2 is 2.31 bits per heavy atom. The van der Waals surface area contributed by atoms with Gasteiger partial charge in [0.05, 0.1) is 19.3 Å². The maximum Gasteiger partial charge on any atom is 0.0662 e. The van der Waals surface area contributed by atoms with Gasteiger partial charge in [0, 0.05) is 29.4 Å². The molecule has 0 bridgehead atoms. The van der Waals surface area contributed by atoms with Gasteiger partial charge < -0.3 is 15.4 Å². The number of morpholine rings is 1. The molecule has 86 valence electrons. The molecule has 16 heavy (non-hydrogen) atoms. The lowest BCUT2D eigenvalue weighted by Crippen LogP contribution is -2.34. The Balaban J connectivity index is 1.84. The molecule has 3 rings (SSSR count). The van der Waals surface area contributed by atoms with E-state index in [1.54, 1.807) is 0 Å². The second-order valence-corrected chi connectivity index (χ2v) is 5.25. The van der Waals surface area contributed by atoms with Crippen molar-refractivity contribution in [3.05, 3.63) is 23.8 Å². The summed E-state index contributed by atoms with van der Waals surface area (Å²) in [6.45, 7) is 3.63. The number of ether oxygens (including phenoxy) is 1. The van der Waals surface area contributed by atoms with Crippen LogP contribution in [-0.4, -0.2) is 32.1 Å². The van der Waals surface area contributed by atoms with Crippen LogP contribution in [0, 0.1) is 0 Å². The summed E-state index contributed by atoms with van der Waals surface area (Å²) < 4.78 is 5.49. The number of rotatable bonds is 1. The van der Waals surface area contributed by atoms with Crippen molar-refractivity contribution in [2.75, 3.05) is 37.4 Å². The Morgan fingerprint density at radius 1 is 1.31 bits per heavy atom. The molecule has 2 aliphatic heterocycles. The van der Waals surface area contributed by atoms with Crippen LogP contribution in [0.5, 0.6) is 0 Å². The number of hydrogen-bond acceptors (Lipinski definition) is 4. The number of fused-ring (bicyclic) bond motifs is 1. The zero-order valence-corrected chi connectivity index (χ0v) is 9.98. The lowest BCUT2D eigenvalue weighted by molar-refractivity contribution is 0.0769. The van der Waals surface area contributed by atoms with Crippen molar-refractivity contribution >= 4 is 17.4 Å². The van der Waals surface area contributed by atoms with Crippen LogP contribution >= 0.6 is 11.8 Å². The first-order valence-corrected chi connectivity index (χ1v) is 6.74. The molecule has 4 heteroatoms. The van der Waals surface area contributed by atoms with Crippen molar-refractivity contribution in [3.63, 3.8) is 0 Å². The van der Waals surface area contributed by atoms with Crippen molar-refractivity contribution in [3.8, 4) is 0 Å². The Labute approximate surface area is 99.9 Å². The van der Waals surface area contributed by atoms with Gasteiger partial charge in [-0.25, -0.2) is 0 Å². The van der Waals surface area contributed by atoms with Gasteiger partial charge in [-0.15, -0.1) is 11.8 Å². The van der Waals surface area contributed by atoms with E-state index in [1.807, 2.05) is 11.8 Å². The van der Waals surface area contributed by atoms with Crippen molar-refractivity contribution < 1.29 is 4.74 Å². The molecule has 3 nitrogen and oxygen atoms in total. The first-order chi connectivity index (χ1) is 7.93. The average molecular weight is 236 g/mol. The molecule has 0 saturated carbocycles. The molecule has 2 N–H and O–H groups in total. The monoisotopic (exact) mass is 236 g/mol. The van der Waals surface area contributed by atoms with E-state index in [0.29, 0.717) is 6.04 Å². The third-order valence-corrected chi connectivity index (χ3v) is 4.08. The Bertz CT molecular complexity index is 377. The third kappa shape index (κ3) is 2.05. The molecule has 1 fully saturated rings. The van der Waals surface area contributed by atoms with Crippen LogP contribution in [0.15, 0.2) is 23.1 Å². The Kier molecular flexibility index (Phi) is 3.04. The zero-order chi connectivity index (χ0) is 10.8. The molecule has 1 atom stereocenters. The van der Waals surface area contributed by atoms with Gasteiger partial charge in [-0.1, -0.05) is 6.07 Å². The fraction of sp³-hybridized carbons (Fsp3) is 0.500. The largest absolute Gasteiger partial charge is 0.383 e. The van der Waals surface area contributed by atoms with Crippen LogP contribution in [0.4, 0.5) is 5.69 Å². The lowest BCUT2D eigenvalue weighted by atomic mass is 10.1. The summed E-state index contributed by atoms with van der Waals surface area (Å²) in [6.07, 6.45) is 0. The highest BCUT2D eigenvalue weighted by Gasteiger charge is 2.17. The van der Waals surface area contributed by atoms with E-state index < -0.39 is 0 Å². The predicted molar refractivity (Wildman–Crippen MR) is 67.2 cm³/mol. The summed E-state index contributed by atoms with van der Waals surface area (Å²) in [5, 5.41) is 6.94. The molecule has 0 spiro atoms. The van der Waals surface area contributed by atoms with Crippen molar-refractivity contribution in [2.24, 2.45) is 0 Å². The molecule has 0 amide bonds. The minimum absolute atomic E-state index is 0.354. The standard InChI is InChI=1S/C12H16N2OS/c1-2-12-10(14-4-6-16-12)7-9(1)11-8-15-5-3-13-11/h1-2,7,11,13-14H,3-6,8H2. The molecule has 0 radical (unpaired) electrons. The molecule has 2 aliphatic rings. The summed E-state index contributed by atoms with van der Waals surface area (Å²) in [4.78, 5) is 1.37. The molecule has 1 unspecified atom stereocenters. The Morgan fingerprint density at radius 3 is 3.19 bits per heavy atom. The van der Waals surface area contributed by atoms with Crippen molar-refractivity contribution in [1.29, 1.82) is 0 Å². The van der Waals surface area contributed by atoms with Crippen LogP contribution in [0.25, 0.3) is 0 Å². The third-order valence-electron chi connectivity index (χ3n) is 3.00. The number of anilines is 1. The van der Waals surface area contributed by atoms with E-state index in [9.17, 15) is 0 Å². The molecular formula is C12H16N2OS. The minimum atomic E-state index is 0.354. The predicted octanol–water partition coefficient (Wildman–Crippen LogP) is 1.87. The van der Waals surface area contributed by atoms with Gasteiger partial charge in [-0.3, -0.25) is 0 Å². The van der Waals surface area contributed by atoms with Gasteiger partial charge in [0.25, 0.3) is 0 Å². The molecular weight excluding hydrogens is 220 g/mol. The normalized spacial score (nSPS) is 24.6. The van der Waals surface area contributed by atoms with Crippen LogP contribution < -0.4 is 10.6 Å². The minimum Gasteiger partial charge on any atom is -0.383 e. The highest BCUT2D eigenvalue weighted by Crippen LogP contribution is 2.33. The van der Waals surface area contributed by atoms with Crippen LogP contribution in [0.2, 0.25) is 0 Å². The van der Waals surface area contributed by atoms with Crippen LogP contribution in [-0.2, 0) is 4.74 Å². The molecule has 2 heterocycles. The smallest absolute Gasteiger partial charge is 0.0662 e. The SMILES string of the molecule is c1cc2c(cc1C1COCCN1)NCCS2. The molecule has 1 aromatic rings. The number of nitrogens with one attached hydrogen (secondary N) is 2. The quantitative estimate of drug-likeness (QED) is 0.780. The molecule has 0 aliphatic carbocycles. The number of thioether (sulfide) groups is 1. The first kappa shape index (κ1) is 10.4. The fourth-order valence-corrected chi connectivity index (χ4v) is 3.03. The second-order valence-electron chi connectivity index (χ2n) is 4.11. The topological polar surface area (TPSA) is 33.3 Å². The van der Waals surface area contributed by atoms with E-state index >= 15 is 0 Å². The summed E-state index contributed by atoms with van der Waals surface area (Å²) in [5.74, 6) is 1.16. The summed E-state index contributed by atoms with van der Waals surface area (Å²) in [6, 6.07) is 7.05. The van der Waals surface area contributed by atoms with Gasteiger partial charge >= 0.3 is 0 Å². The fourth-order valence-electron chi connectivity index (χ4n) is 2.15. The second kappa shape index (κ2) is 4.65. The average Bonchev–Trinajstić information content (AvgIpc) is 2.39. The van der Waals surface area contributed by atoms with Gasteiger partial charge in [-0.2, -0.15) is 0 Å². The Hall–Kier alpha value is -0.710. The highest BCUT2D eigenvalue weighted by molar-refractivity contribution is 7.99. The van der Waals surface area contributed by atoms with Crippen molar-refractivity contribution in [1.82, 2.24) is 5.32 Å². The maximum absolute atomic E-state index is 5.49. The van der Waals surface area contributed by atoms with E-state index in [4.69, 9.17) is 4.74 Å². The number of benzene rings is 1. The van der Waals surface area contributed by atoms with Crippen LogP contribution in [0.1, 0.15) is 11.6 Å². The van der Waals surface area contributed by atoms with Gasteiger partial charge in [0.1, 0.15) is 0 Å². The summed E-state index contributed by atoms with van der Waals surface area (Å²) in [7, 11) is 0. The lowest BCUT2D eigenvalue weighted by Gasteiger charge is -2.26.